The van der Waals surface area contributed by atoms with Gasteiger partial charge in [0, 0.05) is 19.7 Å². The number of nitrogen functional groups attached to an aromatic ring is 1. The van der Waals surface area contributed by atoms with Crippen LogP contribution in [0.3, 0.4) is 0 Å². The average molecular weight is 300 g/mol. The molecule has 0 spiro atoms. The molecule has 0 bridgehead atoms. The van der Waals surface area contributed by atoms with Crippen molar-refractivity contribution in [1.82, 2.24) is 4.90 Å². The van der Waals surface area contributed by atoms with Gasteiger partial charge in [-0.1, -0.05) is 13.8 Å². The van der Waals surface area contributed by atoms with E-state index in [4.69, 9.17) is 10.5 Å². The molecule has 0 aliphatic carbocycles. The van der Waals surface area contributed by atoms with Crippen LogP contribution in [0.5, 0.6) is 0 Å². The predicted molar refractivity (Wildman–Crippen MR) is 78.1 cm³/mol. The fourth-order valence-electron chi connectivity index (χ4n) is 2.28. The zero-order valence-corrected chi connectivity index (χ0v) is 12.7. The minimum atomic E-state index is -1.01. The molecule has 0 saturated heterocycles. The van der Waals surface area contributed by atoms with Gasteiger partial charge in [0.25, 0.3) is 5.91 Å². The number of hydrogen-bond acceptors (Lipinski definition) is 3. The van der Waals surface area contributed by atoms with Gasteiger partial charge in [0.1, 0.15) is 11.4 Å². The maximum absolute atomic E-state index is 14.0. The Hall–Kier alpha value is -1.69. The van der Waals surface area contributed by atoms with Gasteiger partial charge in [-0.3, -0.25) is 4.79 Å². The van der Waals surface area contributed by atoms with Crippen LogP contribution in [0.2, 0.25) is 0 Å². The second kappa shape index (κ2) is 7.93. The van der Waals surface area contributed by atoms with Crippen LogP contribution in [0.4, 0.5) is 14.5 Å². The minimum absolute atomic E-state index is 0.104. The third kappa shape index (κ3) is 3.91. The number of anilines is 1. The van der Waals surface area contributed by atoms with Gasteiger partial charge in [-0.05, 0) is 25.0 Å². The molecule has 1 rings (SSSR count). The predicted octanol–water partition coefficient (Wildman–Crippen LogP) is 2.82. The van der Waals surface area contributed by atoms with Crippen molar-refractivity contribution in [3.8, 4) is 0 Å². The maximum Gasteiger partial charge on any atom is 0.260 e. The fraction of sp³-hybridized carbons (Fsp3) is 0.533. The molecule has 0 aromatic heterocycles. The van der Waals surface area contributed by atoms with E-state index in [0.29, 0.717) is 19.4 Å². The monoisotopic (exact) mass is 300 g/mol. The molecule has 2 N–H and O–H groups in total. The standard InChI is InChI=1S/C15H22F2N2O2/c1-4-10(5-2)19(8-9-21-3)15(20)13-11(16)6-7-12(18)14(13)17/h6-7,10H,4-5,8-9,18H2,1-3H3. The van der Waals surface area contributed by atoms with E-state index in [-0.39, 0.29) is 18.3 Å². The van der Waals surface area contributed by atoms with E-state index in [0.717, 1.165) is 12.1 Å². The smallest absolute Gasteiger partial charge is 0.260 e. The summed E-state index contributed by atoms with van der Waals surface area (Å²) in [6, 6.07) is 2.01. The maximum atomic E-state index is 14.0. The van der Waals surface area contributed by atoms with Crippen molar-refractivity contribution < 1.29 is 18.3 Å². The van der Waals surface area contributed by atoms with E-state index < -0.39 is 23.1 Å². The van der Waals surface area contributed by atoms with Crippen LogP contribution in [-0.2, 0) is 4.74 Å². The summed E-state index contributed by atoms with van der Waals surface area (Å²) in [6.07, 6.45) is 1.38. The van der Waals surface area contributed by atoms with Gasteiger partial charge in [-0.2, -0.15) is 0 Å². The summed E-state index contributed by atoms with van der Waals surface area (Å²) in [5, 5.41) is 0. The van der Waals surface area contributed by atoms with Gasteiger partial charge in [-0.25, -0.2) is 8.78 Å². The first-order valence-corrected chi connectivity index (χ1v) is 7.01. The summed E-state index contributed by atoms with van der Waals surface area (Å²) in [7, 11) is 1.51. The highest BCUT2D eigenvalue weighted by Crippen LogP contribution is 2.22. The number of rotatable bonds is 7. The SMILES string of the molecule is CCC(CC)N(CCOC)C(=O)c1c(F)ccc(N)c1F. The van der Waals surface area contributed by atoms with Crippen LogP contribution in [0.1, 0.15) is 37.0 Å². The first kappa shape index (κ1) is 17.4. The zero-order valence-electron chi connectivity index (χ0n) is 12.7. The molecular formula is C15H22F2N2O2. The van der Waals surface area contributed by atoms with Gasteiger partial charge in [-0.15, -0.1) is 0 Å². The topological polar surface area (TPSA) is 55.6 Å². The van der Waals surface area contributed by atoms with Crippen molar-refractivity contribution in [3.05, 3.63) is 29.3 Å². The van der Waals surface area contributed by atoms with Crippen LogP contribution in [0, 0.1) is 11.6 Å². The summed E-state index contributed by atoms with van der Waals surface area (Å²) in [5.41, 5.74) is 4.59. The van der Waals surface area contributed by atoms with Crippen LogP contribution in [0.25, 0.3) is 0 Å². The molecule has 1 aromatic carbocycles. The molecule has 6 heteroatoms. The van der Waals surface area contributed by atoms with Crippen LogP contribution >= 0.6 is 0 Å². The molecule has 1 aromatic rings. The van der Waals surface area contributed by atoms with E-state index in [9.17, 15) is 13.6 Å². The van der Waals surface area contributed by atoms with Crippen LogP contribution in [0.15, 0.2) is 12.1 Å². The van der Waals surface area contributed by atoms with Gasteiger partial charge in [0.05, 0.1) is 12.3 Å². The Balaban J connectivity index is 3.19. The Morgan fingerprint density at radius 1 is 1.33 bits per heavy atom. The van der Waals surface area contributed by atoms with E-state index in [1.807, 2.05) is 13.8 Å². The summed E-state index contributed by atoms with van der Waals surface area (Å²) in [5.74, 6) is -2.60. The molecule has 21 heavy (non-hydrogen) atoms. The number of ether oxygens (including phenoxy) is 1. The van der Waals surface area contributed by atoms with Crippen LogP contribution < -0.4 is 5.73 Å². The third-order valence-corrected chi connectivity index (χ3v) is 3.52. The highest BCUT2D eigenvalue weighted by Gasteiger charge is 2.28. The molecule has 0 saturated carbocycles. The van der Waals surface area contributed by atoms with Crippen molar-refractivity contribution in [2.75, 3.05) is 26.0 Å². The molecule has 118 valence electrons. The second-order valence-electron chi connectivity index (χ2n) is 4.79. The molecule has 0 aliphatic rings. The number of carbonyl (C=O) groups is 1. The minimum Gasteiger partial charge on any atom is -0.396 e. The Bertz CT molecular complexity index is 491. The van der Waals surface area contributed by atoms with E-state index in [1.54, 1.807) is 0 Å². The fourth-order valence-corrected chi connectivity index (χ4v) is 2.28. The second-order valence-corrected chi connectivity index (χ2v) is 4.79. The van der Waals surface area contributed by atoms with Crippen molar-refractivity contribution in [1.29, 1.82) is 0 Å². The number of carbonyl (C=O) groups excluding carboxylic acids is 1. The van der Waals surface area contributed by atoms with Gasteiger partial charge < -0.3 is 15.4 Å². The highest BCUT2D eigenvalue weighted by molar-refractivity contribution is 5.96. The summed E-state index contributed by atoms with van der Waals surface area (Å²) in [6.45, 7) is 4.42. The summed E-state index contributed by atoms with van der Waals surface area (Å²) < 4.78 is 32.9. The Kier molecular flexibility index (Phi) is 6.55. The van der Waals surface area contributed by atoms with Crippen molar-refractivity contribution >= 4 is 11.6 Å². The summed E-state index contributed by atoms with van der Waals surface area (Å²) >= 11 is 0. The average Bonchev–Trinajstić information content (AvgIpc) is 2.47. The highest BCUT2D eigenvalue weighted by atomic mass is 19.1. The number of nitrogens with two attached hydrogens (primary N) is 1. The molecule has 0 fully saturated rings. The lowest BCUT2D eigenvalue weighted by atomic mass is 10.1. The summed E-state index contributed by atoms with van der Waals surface area (Å²) in [4.78, 5) is 14.0. The Morgan fingerprint density at radius 3 is 2.48 bits per heavy atom. The lowest BCUT2D eigenvalue weighted by Crippen LogP contribution is -2.42. The number of benzene rings is 1. The van der Waals surface area contributed by atoms with Crippen molar-refractivity contribution in [3.63, 3.8) is 0 Å². The van der Waals surface area contributed by atoms with E-state index in [1.165, 1.54) is 12.0 Å². The zero-order chi connectivity index (χ0) is 16.0. The van der Waals surface area contributed by atoms with E-state index in [2.05, 4.69) is 0 Å². The Morgan fingerprint density at radius 2 is 1.95 bits per heavy atom. The molecule has 1 amide bonds. The first-order valence-electron chi connectivity index (χ1n) is 7.01. The molecule has 0 aliphatic heterocycles. The van der Waals surface area contributed by atoms with Crippen molar-refractivity contribution in [2.45, 2.75) is 32.7 Å². The molecule has 0 heterocycles. The van der Waals surface area contributed by atoms with Gasteiger partial charge in [0.15, 0.2) is 5.82 Å². The third-order valence-electron chi connectivity index (χ3n) is 3.52. The number of nitrogens with zero attached hydrogens (tertiary/aromatic N) is 1. The lowest BCUT2D eigenvalue weighted by molar-refractivity contribution is 0.0580. The number of hydrogen-bond donors (Lipinski definition) is 1. The molecule has 4 nitrogen and oxygen atoms in total. The van der Waals surface area contributed by atoms with Crippen LogP contribution in [-0.4, -0.2) is 37.1 Å². The van der Waals surface area contributed by atoms with E-state index >= 15 is 0 Å². The number of methoxy groups -OCH3 is 1. The number of amides is 1. The van der Waals surface area contributed by atoms with Gasteiger partial charge in [0.2, 0.25) is 0 Å². The molecule has 0 atom stereocenters. The number of halogens is 2. The quantitative estimate of drug-likeness (QED) is 0.788. The largest absolute Gasteiger partial charge is 0.396 e. The molecular weight excluding hydrogens is 278 g/mol. The normalized spacial score (nSPS) is 11.0. The first-order chi connectivity index (χ1) is 9.97. The lowest BCUT2D eigenvalue weighted by Gasteiger charge is -2.30. The Labute approximate surface area is 123 Å². The molecule has 0 radical (unpaired) electrons. The van der Waals surface area contributed by atoms with Crippen molar-refractivity contribution in [2.24, 2.45) is 0 Å². The van der Waals surface area contributed by atoms with Gasteiger partial charge >= 0.3 is 0 Å². The molecule has 0 unspecified atom stereocenters.